The summed E-state index contributed by atoms with van der Waals surface area (Å²) in [5, 5.41) is 134. The number of aliphatic hydroxyl groups is 10. The van der Waals surface area contributed by atoms with Crippen LogP contribution in [0.3, 0.4) is 0 Å². The fraction of sp³-hybridized carbons (Fsp3) is 0.820. The van der Waals surface area contributed by atoms with E-state index in [9.17, 15) is 51.1 Å². The van der Waals surface area contributed by atoms with Gasteiger partial charge in [-0.3, -0.25) is 4.79 Å². The molecule has 12 rings (SSSR count). The number of ketones is 1. The Balaban J connectivity index is 1.12. The fourth-order valence-corrected chi connectivity index (χ4v) is 19.8. The number of ether oxygens (including phenoxy) is 1. The standard InChI is InChI=1S/C61H91N3O12/c1-3-10-35-16-18-40-46(20-17-35)76-54-49(40)42(67)15-8-25-61(54,75)55(2,72)47-23-27-60(74)50-51(63-32-45(70)36-11-5-4-6-12-36)53(71)56-24-7-13-38(33-66)59(47,60)34-58(73)26-22-37(39-19-21-48(62)64-41(39)14-9-28-65)29-57(56,52(50)58)31-44(69)43(68)30-56/h19,21-22,26,35-38,40,42-49,52,54,63-70,72-75H,3-6,8-12,14-18,20,23-25,27-34,62H2,1-2H3. The largest absolute Gasteiger partial charge is 0.396 e. The van der Waals surface area contributed by atoms with Crippen LogP contribution in [-0.4, -0.2) is 142 Å². The lowest BCUT2D eigenvalue weighted by molar-refractivity contribution is -0.276. The number of nitrogens with two attached hydrogens (primary N) is 1. The first-order chi connectivity index (χ1) is 36.3. The molecule has 0 aromatic heterocycles. The van der Waals surface area contributed by atoms with E-state index in [1.807, 2.05) is 18.2 Å². The maximum Gasteiger partial charge on any atom is 0.186 e. The summed E-state index contributed by atoms with van der Waals surface area (Å²) in [7, 11) is 0. The number of carbonyl (C=O) groups excluding carboxylic acids is 1. The van der Waals surface area contributed by atoms with Crippen molar-refractivity contribution in [1.82, 2.24) is 10.6 Å². The van der Waals surface area contributed by atoms with E-state index in [0.717, 1.165) is 81.9 Å². The minimum Gasteiger partial charge on any atom is -0.396 e. The van der Waals surface area contributed by atoms with Crippen molar-refractivity contribution in [3.8, 4) is 11.8 Å². The molecule has 15 nitrogen and oxygen atoms in total. The van der Waals surface area contributed by atoms with Gasteiger partial charge in [-0.1, -0.05) is 69.6 Å². The molecule has 10 aliphatic carbocycles. The van der Waals surface area contributed by atoms with Crippen molar-refractivity contribution in [3.63, 3.8) is 0 Å². The molecule has 6 saturated carbocycles. The Morgan fingerprint density at radius 3 is 2.45 bits per heavy atom. The van der Waals surface area contributed by atoms with E-state index < -0.39 is 117 Å². The van der Waals surface area contributed by atoms with Crippen LogP contribution in [0.15, 0.2) is 46.8 Å². The van der Waals surface area contributed by atoms with E-state index >= 15 is 4.79 Å². The van der Waals surface area contributed by atoms with Gasteiger partial charge < -0.3 is 72.2 Å². The Morgan fingerprint density at radius 2 is 1.70 bits per heavy atom. The van der Waals surface area contributed by atoms with Crippen LogP contribution in [0.1, 0.15) is 162 Å². The Morgan fingerprint density at radius 1 is 0.934 bits per heavy atom. The third-order valence-electron chi connectivity index (χ3n) is 23.2. The molecule has 0 aromatic rings. The molecular formula is C61H91N3O12. The van der Waals surface area contributed by atoms with Gasteiger partial charge in [0.1, 0.15) is 5.60 Å². The van der Waals surface area contributed by atoms with E-state index in [1.165, 1.54) is 0 Å². The molecule has 14 N–H and O–H groups in total. The van der Waals surface area contributed by atoms with Gasteiger partial charge in [0.25, 0.3) is 0 Å². The fourth-order valence-electron chi connectivity index (χ4n) is 19.8. The van der Waals surface area contributed by atoms with Crippen LogP contribution < -0.4 is 16.4 Å². The molecule has 15 heteroatoms. The first-order valence-electron chi connectivity index (χ1n) is 29.9. The number of dihydropyridines is 1. The predicted octanol–water partition coefficient (Wildman–Crippen LogP) is 3.80. The summed E-state index contributed by atoms with van der Waals surface area (Å²) in [6.45, 7) is 3.13. The zero-order chi connectivity index (χ0) is 53.8. The first kappa shape index (κ1) is 55.2. The highest BCUT2D eigenvalue weighted by atomic mass is 16.5. The zero-order valence-electron chi connectivity index (χ0n) is 45.2. The van der Waals surface area contributed by atoms with E-state index in [2.05, 4.69) is 29.4 Å². The average Bonchev–Trinajstić information content (AvgIpc) is 3.93. The Hall–Kier alpha value is -2.69. The molecule has 7 fully saturated rings. The lowest BCUT2D eigenvalue weighted by Crippen LogP contribution is -2.76. The van der Waals surface area contributed by atoms with Crippen molar-refractivity contribution in [1.29, 1.82) is 0 Å². The van der Waals surface area contributed by atoms with Gasteiger partial charge in [0.2, 0.25) is 0 Å². The highest BCUT2D eigenvalue weighted by Gasteiger charge is 2.82. The molecule has 0 amide bonds. The third-order valence-corrected chi connectivity index (χ3v) is 23.2. The second-order valence-corrected chi connectivity index (χ2v) is 26.7. The molecule has 2 aliphatic heterocycles. The molecule has 21 unspecified atom stereocenters. The number of hydrogen-bond donors (Lipinski definition) is 13. The summed E-state index contributed by atoms with van der Waals surface area (Å²) in [6, 6.07) is 0. The van der Waals surface area contributed by atoms with Gasteiger partial charge in [0.05, 0.1) is 83.2 Å². The molecule has 0 radical (unpaired) electrons. The molecule has 76 heavy (non-hydrogen) atoms. The SMILES string of the molecule is CCCC1CCC2OC3C(C(O)CCCC3(O)C(C)(O)C3CCC4(O)C5=C(NCC(O)C6CCCCC6)C(=O)C67CC#CC(CO)C34CC3(O)C=CC(C4=C(CCCO)NC(N)C=C4)CC6(CC(O)C(O)C7)C53)C2CC1. The van der Waals surface area contributed by atoms with Crippen LogP contribution in [0, 0.1) is 75.4 Å². The summed E-state index contributed by atoms with van der Waals surface area (Å²) in [5.41, 5.74) is -4.54. The summed E-state index contributed by atoms with van der Waals surface area (Å²) in [4.78, 5) is 16.7. The Labute approximate surface area is 449 Å². The van der Waals surface area contributed by atoms with Gasteiger partial charge in [-0.05, 0) is 150 Å². The van der Waals surface area contributed by atoms with Crippen LogP contribution in [0.5, 0.6) is 0 Å². The molecular weight excluding hydrogens is 967 g/mol. The highest BCUT2D eigenvalue weighted by molar-refractivity contribution is 6.03. The maximum atomic E-state index is 16.7. The number of allylic oxidation sites excluding steroid dienone is 5. The Kier molecular flexibility index (Phi) is 14.8. The van der Waals surface area contributed by atoms with Gasteiger partial charge in [0, 0.05) is 54.4 Å². The first-order valence-corrected chi connectivity index (χ1v) is 29.9. The third kappa shape index (κ3) is 8.12. The number of fused-ring (bicyclic) bond motifs is 6. The molecule has 422 valence electrons. The molecule has 0 aromatic carbocycles. The van der Waals surface area contributed by atoms with Crippen molar-refractivity contribution in [2.24, 2.45) is 69.3 Å². The molecule has 21 atom stereocenters. The smallest absolute Gasteiger partial charge is 0.186 e. The van der Waals surface area contributed by atoms with Crippen LogP contribution in [0.4, 0.5) is 0 Å². The van der Waals surface area contributed by atoms with Gasteiger partial charge in [-0.25, -0.2) is 0 Å². The molecule has 12 aliphatic rings. The van der Waals surface area contributed by atoms with Crippen molar-refractivity contribution in [2.45, 2.75) is 227 Å². The minimum absolute atomic E-state index is 0.0308. The second-order valence-electron chi connectivity index (χ2n) is 26.7. The van der Waals surface area contributed by atoms with Gasteiger partial charge in [0.15, 0.2) is 5.78 Å². The summed E-state index contributed by atoms with van der Waals surface area (Å²) in [5.74, 6) is 2.55. The predicted molar refractivity (Wildman–Crippen MR) is 284 cm³/mol. The normalized spacial score (nSPS) is 48.0. The number of hydrogen-bond acceptors (Lipinski definition) is 15. The average molecular weight is 1060 g/mol. The topological polar surface area (TPSA) is 279 Å². The lowest BCUT2D eigenvalue weighted by atomic mass is 9.34. The number of aliphatic hydroxyl groups excluding tert-OH is 6. The van der Waals surface area contributed by atoms with Crippen molar-refractivity contribution < 1.29 is 60.6 Å². The van der Waals surface area contributed by atoms with Crippen molar-refractivity contribution in [3.05, 3.63) is 46.8 Å². The summed E-state index contributed by atoms with van der Waals surface area (Å²) in [6.07, 6.45) is 13.3. The van der Waals surface area contributed by atoms with Crippen LogP contribution in [-0.2, 0) is 9.53 Å². The summed E-state index contributed by atoms with van der Waals surface area (Å²) < 4.78 is 7.09. The van der Waals surface area contributed by atoms with E-state index in [1.54, 1.807) is 13.0 Å². The summed E-state index contributed by atoms with van der Waals surface area (Å²) >= 11 is 0. The molecule has 6 bridgehead atoms. The Bertz CT molecular complexity index is 2410. The minimum atomic E-state index is -2.11. The van der Waals surface area contributed by atoms with Gasteiger partial charge >= 0.3 is 0 Å². The molecule has 1 saturated heterocycles. The monoisotopic (exact) mass is 1060 g/mol. The van der Waals surface area contributed by atoms with Crippen LogP contribution >= 0.6 is 0 Å². The van der Waals surface area contributed by atoms with E-state index in [0.29, 0.717) is 31.6 Å². The lowest BCUT2D eigenvalue weighted by Gasteiger charge is -2.70. The van der Waals surface area contributed by atoms with Crippen LogP contribution in [0.2, 0.25) is 0 Å². The van der Waals surface area contributed by atoms with Crippen molar-refractivity contribution in [2.75, 3.05) is 19.8 Å². The zero-order valence-corrected chi connectivity index (χ0v) is 45.2. The number of rotatable bonds is 13. The van der Waals surface area contributed by atoms with Crippen molar-refractivity contribution >= 4 is 5.78 Å². The number of Topliss-reactive ketones (excluding diaryl/α,β-unsaturated/α-hetero) is 1. The number of nitrogens with one attached hydrogen (secondary N) is 2. The van der Waals surface area contributed by atoms with Gasteiger partial charge in [-0.2, -0.15) is 0 Å². The van der Waals surface area contributed by atoms with Gasteiger partial charge in [-0.15, -0.1) is 5.92 Å². The second kappa shape index (κ2) is 20.4. The quantitative estimate of drug-likeness (QED) is 0.0924. The molecule has 2 heterocycles. The van der Waals surface area contributed by atoms with E-state index in [-0.39, 0.29) is 93.7 Å². The molecule has 3 spiro atoms. The van der Waals surface area contributed by atoms with Crippen LogP contribution in [0.25, 0.3) is 0 Å². The number of carbonyl (C=O) groups is 1. The van der Waals surface area contributed by atoms with E-state index in [4.69, 9.17) is 10.5 Å². The highest BCUT2D eigenvalue weighted by Crippen LogP contribution is 2.78. The maximum absolute atomic E-state index is 16.7.